The van der Waals surface area contributed by atoms with E-state index >= 15 is 0 Å². The van der Waals surface area contributed by atoms with Gasteiger partial charge in [-0.3, -0.25) is 9.69 Å². The van der Waals surface area contributed by atoms with Gasteiger partial charge in [0.05, 0.1) is 6.54 Å². The van der Waals surface area contributed by atoms with Crippen LogP contribution in [0.4, 0.5) is 0 Å². The molecule has 1 aliphatic rings. The number of hydrogen-bond acceptors (Lipinski definition) is 3. The monoisotopic (exact) mass is 299 g/mol. The van der Waals surface area contributed by atoms with Crippen LogP contribution in [0.2, 0.25) is 0 Å². The Kier molecular flexibility index (Phi) is 4.51. The molecular weight excluding hydrogens is 278 g/mol. The highest BCUT2D eigenvalue weighted by molar-refractivity contribution is 7.09. The number of benzene rings is 1. The Labute approximate surface area is 130 Å². The second kappa shape index (κ2) is 6.54. The van der Waals surface area contributed by atoms with Crippen LogP contribution in [0.3, 0.4) is 0 Å². The molecule has 3 rings (SSSR count). The normalized spacial score (nSPS) is 13.6. The van der Waals surface area contributed by atoms with Gasteiger partial charge in [0.1, 0.15) is 0 Å². The summed E-state index contributed by atoms with van der Waals surface area (Å²) >= 11 is 1.75. The van der Waals surface area contributed by atoms with Gasteiger partial charge in [-0.1, -0.05) is 25.1 Å². The van der Waals surface area contributed by atoms with Gasteiger partial charge in [-0.2, -0.15) is 0 Å². The Morgan fingerprint density at radius 1 is 1.24 bits per heavy atom. The number of thiophene rings is 1. The Morgan fingerprint density at radius 3 is 2.86 bits per heavy atom. The summed E-state index contributed by atoms with van der Waals surface area (Å²) < 4.78 is 0. The number of nitrogens with zero attached hydrogens (tertiary/aromatic N) is 1. The third-order valence-electron chi connectivity index (χ3n) is 4.19. The van der Waals surface area contributed by atoms with E-state index in [1.807, 2.05) is 6.07 Å². The molecule has 3 heteroatoms. The van der Waals surface area contributed by atoms with E-state index in [-0.39, 0.29) is 5.78 Å². The summed E-state index contributed by atoms with van der Waals surface area (Å²) in [7, 11) is 0. The topological polar surface area (TPSA) is 20.3 Å². The molecule has 0 N–H and O–H groups in total. The Hall–Kier alpha value is -1.45. The molecule has 110 valence electrons. The van der Waals surface area contributed by atoms with E-state index < -0.39 is 0 Å². The minimum atomic E-state index is 0.239. The van der Waals surface area contributed by atoms with E-state index in [0.29, 0.717) is 6.54 Å². The van der Waals surface area contributed by atoms with Crippen LogP contribution in [0, 0.1) is 0 Å². The number of carbonyl (C=O) groups excluding carboxylic acids is 1. The van der Waals surface area contributed by atoms with E-state index in [0.717, 1.165) is 25.1 Å². The molecule has 0 bridgehead atoms. The van der Waals surface area contributed by atoms with E-state index in [2.05, 4.69) is 41.5 Å². The number of likely N-dealkylation sites (N-methyl/N-ethyl adjacent to an activating group) is 1. The van der Waals surface area contributed by atoms with Gasteiger partial charge in [0.15, 0.2) is 5.78 Å². The molecular formula is C18H21NOS. The molecule has 0 atom stereocenters. The molecule has 0 saturated carbocycles. The summed E-state index contributed by atoms with van der Waals surface area (Å²) in [5, 5.41) is 2.09. The lowest BCUT2D eigenvalue weighted by Crippen LogP contribution is -2.29. The fourth-order valence-corrected chi connectivity index (χ4v) is 3.69. The smallest absolute Gasteiger partial charge is 0.176 e. The van der Waals surface area contributed by atoms with Crippen LogP contribution in [-0.4, -0.2) is 23.8 Å². The van der Waals surface area contributed by atoms with E-state index in [9.17, 15) is 4.79 Å². The van der Waals surface area contributed by atoms with Crippen molar-refractivity contribution in [1.29, 1.82) is 0 Å². The van der Waals surface area contributed by atoms with Gasteiger partial charge in [-0.05, 0) is 54.4 Å². The third-order valence-corrected chi connectivity index (χ3v) is 5.06. The van der Waals surface area contributed by atoms with E-state index in [1.165, 1.54) is 28.8 Å². The predicted octanol–water partition coefficient (Wildman–Crippen LogP) is 3.94. The summed E-state index contributed by atoms with van der Waals surface area (Å²) in [4.78, 5) is 16.0. The van der Waals surface area contributed by atoms with Gasteiger partial charge in [0.25, 0.3) is 0 Å². The van der Waals surface area contributed by atoms with Crippen molar-refractivity contribution in [2.75, 3.05) is 13.1 Å². The molecule has 0 saturated heterocycles. The second-order valence-corrected chi connectivity index (χ2v) is 6.68. The van der Waals surface area contributed by atoms with Crippen molar-refractivity contribution >= 4 is 17.1 Å². The molecule has 2 nitrogen and oxygen atoms in total. The third kappa shape index (κ3) is 3.42. The molecule has 2 aromatic rings. The van der Waals surface area contributed by atoms with Crippen molar-refractivity contribution in [1.82, 2.24) is 4.90 Å². The maximum atomic E-state index is 12.5. The molecule has 0 aliphatic heterocycles. The molecule has 21 heavy (non-hydrogen) atoms. The minimum absolute atomic E-state index is 0.239. The first-order valence-electron chi connectivity index (χ1n) is 7.66. The SMILES string of the molecule is CCN(CC(=O)c1ccc2c(c1)CCC2)Cc1cccs1. The highest BCUT2D eigenvalue weighted by Crippen LogP contribution is 2.23. The van der Waals surface area contributed by atoms with Crippen LogP contribution >= 0.6 is 11.3 Å². The van der Waals surface area contributed by atoms with Crippen molar-refractivity contribution in [3.8, 4) is 0 Å². The maximum absolute atomic E-state index is 12.5. The van der Waals surface area contributed by atoms with Crippen LogP contribution in [0.1, 0.15) is 39.7 Å². The maximum Gasteiger partial charge on any atom is 0.176 e. The Morgan fingerprint density at radius 2 is 2.10 bits per heavy atom. The summed E-state index contributed by atoms with van der Waals surface area (Å²) in [5.41, 5.74) is 3.68. The number of rotatable bonds is 6. The number of hydrogen-bond donors (Lipinski definition) is 0. The van der Waals surface area contributed by atoms with Gasteiger partial charge < -0.3 is 0 Å². The van der Waals surface area contributed by atoms with Crippen LogP contribution in [0.15, 0.2) is 35.7 Å². The Balaban J connectivity index is 1.67. The summed E-state index contributed by atoms with van der Waals surface area (Å²) in [6.07, 6.45) is 3.53. The standard InChI is InChI=1S/C18H21NOS/c1-2-19(12-17-7-4-10-21-17)13-18(20)16-9-8-14-5-3-6-15(14)11-16/h4,7-11H,2-3,5-6,12-13H2,1H3. The lowest BCUT2D eigenvalue weighted by Gasteiger charge is -2.18. The van der Waals surface area contributed by atoms with Gasteiger partial charge >= 0.3 is 0 Å². The lowest BCUT2D eigenvalue weighted by molar-refractivity contribution is 0.0930. The molecule has 0 radical (unpaired) electrons. The number of Topliss-reactive ketones (excluding diaryl/α,β-unsaturated/α-hetero) is 1. The van der Waals surface area contributed by atoms with Crippen molar-refractivity contribution in [3.63, 3.8) is 0 Å². The summed E-state index contributed by atoms with van der Waals surface area (Å²) in [6.45, 7) is 4.39. The van der Waals surface area contributed by atoms with Crippen molar-refractivity contribution < 1.29 is 4.79 Å². The summed E-state index contributed by atoms with van der Waals surface area (Å²) in [5.74, 6) is 0.239. The van der Waals surface area contributed by atoms with Crippen LogP contribution in [-0.2, 0) is 19.4 Å². The Bertz CT molecular complexity index is 618. The zero-order valence-electron chi connectivity index (χ0n) is 12.5. The van der Waals surface area contributed by atoms with E-state index in [4.69, 9.17) is 0 Å². The van der Waals surface area contributed by atoms with Crippen LogP contribution in [0.5, 0.6) is 0 Å². The highest BCUT2D eigenvalue weighted by Gasteiger charge is 2.16. The minimum Gasteiger partial charge on any atom is -0.293 e. The number of ketones is 1. The quantitative estimate of drug-likeness (QED) is 0.753. The molecule has 0 fully saturated rings. The largest absolute Gasteiger partial charge is 0.293 e. The van der Waals surface area contributed by atoms with Crippen molar-refractivity contribution in [2.45, 2.75) is 32.7 Å². The molecule has 0 amide bonds. The van der Waals surface area contributed by atoms with Gasteiger partial charge in [-0.15, -0.1) is 11.3 Å². The summed E-state index contributed by atoms with van der Waals surface area (Å²) in [6, 6.07) is 10.5. The first-order valence-corrected chi connectivity index (χ1v) is 8.54. The fourth-order valence-electron chi connectivity index (χ4n) is 2.94. The first kappa shape index (κ1) is 14.5. The van der Waals surface area contributed by atoms with Crippen molar-refractivity contribution in [2.24, 2.45) is 0 Å². The lowest BCUT2D eigenvalue weighted by atomic mass is 10.0. The molecule has 0 spiro atoms. The molecule has 1 aliphatic carbocycles. The predicted molar refractivity (Wildman–Crippen MR) is 88.1 cm³/mol. The van der Waals surface area contributed by atoms with Crippen molar-refractivity contribution in [3.05, 3.63) is 57.3 Å². The molecule has 0 unspecified atom stereocenters. The first-order chi connectivity index (χ1) is 10.3. The number of aryl methyl sites for hydroxylation is 2. The number of fused-ring (bicyclic) bond motifs is 1. The molecule has 1 heterocycles. The molecule has 1 aromatic heterocycles. The zero-order valence-corrected chi connectivity index (χ0v) is 13.3. The fraction of sp³-hybridized carbons (Fsp3) is 0.389. The van der Waals surface area contributed by atoms with Gasteiger partial charge in [0.2, 0.25) is 0 Å². The number of carbonyl (C=O) groups is 1. The van der Waals surface area contributed by atoms with Crippen LogP contribution in [0.25, 0.3) is 0 Å². The highest BCUT2D eigenvalue weighted by atomic mass is 32.1. The average molecular weight is 299 g/mol. The van der Waals surface area contributed by atoms with E-state index in [1.54, 1.807) is 11.3 Å². The second-order valence-electron chi connectivity index (χ2n) is 5.64. The zero-order chi connectivity index (χ0) is 14.7. The van der Waals surface area contributed by atoms with Crippen LogP contribution < -0.4 is 0 Å². The molecule has 1 aromatic carbocycles. The average Bonchev–Trinajstić information content (AvgIpc) is 3.16. The van der Waals surface area contributed by atoms with Gasteiger partial charge in [0, 0.05) is 17.0 Å². The van der Waals surface area contributed by atoms with Gasteiger partial charge in [-0.25, -0.2) is 0 Å².